The van der Waals surface area contributed by atoms with Gasteiger partial charge in [0.05, 0.1) is 19.1 Å². The third kappa shape index (κ3) is 3.00. The Morgan fingerprint density at radius 1 is 1.13 bits per heavy atom. The predicted molar refractivity (Wildman–Crippen MR) is 83.3 cm³/mol. The van der Waals surface area contributed by atoms with Gasteiger partial charge >= 0.3 is 5.97 Å². The number of aliphatic hydroxyl groups is 1. The van der Waals surface area contributed by atoms with Gasteiger partial charge in [-0.05, 0) is 23.8 Å². The molecule has 0 saturated carbocycles. The molecule has 0 saturated heterocycles. The SMILES string of the molecule is COc1ccc(C2C(OC(C)=O)Oc3ccccc3C2O)cc1. The average molecular weight is 314 g/mol. The Labute approximate surface area is 134 Å². The number of carbonyl (C=O) groups excluding carboxylic acids is 1. The van der Waals surface area contributed by atoms with Crippen LogP contribution in [0.3, 0.4) is 0 Å². The van der Waals surface area contributed by atoms with E-state index in [1.54, 1.807) is 31.4 Å². The highest BCUT2D eigenvalue weighted by Gasteiger charge is 2.40. The fourth-order valence-corrected chi connectivity index (χ4v) is 2.80. The van der Waals surface area contributed by atoms with Crippen molar-refractivity contribution in [2.24, 2.45) is 0 Å². The number of benzene rings is 2. The molecule has 0 amide bonds. The van der Waals surface area contributed by atoms with Crippen LogP contribution in [0.15, 0.2) is 48.5 Å². The molecular weight excluding hydrogens is 296 g/mol. The fourth-order valence-electron chi connectivity index (χ4n) is 2.80. The van der Waals surface area contributed by atoms with Gasteiger partial charge in [-0.15, -0.1) is 0 Å². The topological polar surface area (TPSA) is 65.0 Å². The summed E-state index contributed by atoms with van der Waals surface area (Å²) in [5.41, 5.74) is 1.48. The Bertz CT molecular complexity index is 695. The maximum Gasteiger partial charge on any atom is 0.305 e. The third-order valence-corrected chi connectivity index (χ3v) is 3.90. The van der Waals surface area contributed by atoms with Crippen LogP contribution in [0.2, 0.25) is 0 Å². The van der Waals surface area contributed by atoms with Crippen molar-refractivity contribution >= 4 is 5.97 Å². The third-order valence-electron chi connectivity index (χ3n) is 3.90. The van der Waals surface area contributed by atoms with Crippen molar-refractivity contribution < 1.29 is 24.1 Å². The van der Waals surface area contributed by atoms with E-state index in [9.17, 15) is 9.90 Å². The number of fused-ring (bicyclic) bond motifs is 1. The zero-order chi connectivity index (χ0) is 16.4. The van der Waals surface area contributed by atoms with Gasteiger partial charge in [-0.1, -0.05) is 30.3 Å². The van der Waals surface area contributed by atoms with Crippen molar-refractivity contribution in [1.29, 1.82) is 0 Å². The predicted octanol–water partition coefficient (Wildman–Crippen LogP) is 2.79. The van der Waals surface area contributed by atoms with Crippen molar-refractivity contribution in [3.05, 3.63) is 59.7 Å². The quantitative estimate of drug-likeness (QED) is 0.883. The van der Waals surface area contributed by atoms with Crippen molar-refractivity contribution in [3.8, 4) is 11.5 Å². The summed E-state index contributed by atoms with van der Waals surface area (Å²) in [5.74, 6) is 0.264. The van der Waals surface area contributed by atoms with E-state index in [0.717, 1.165) is 5.56 Å². The van der Waals surface area contributed by atoms with Crippen LogP contribution in [0.5, 0.6) is 11.5 Å². The van der Waals surface area contributed by atoms with Gasteiger partial charge in [0.1, 0.15) is 11.5 Å². The minimum atomic E-state index is -0.884. The lowest BCUT2D eigenvalue weighted by atomic mass is 9.86. The summed E-state index contributed by atoms with van der Waals surface area (Å²) in [4.78, 5) is 11.4. The van der Waals surface area contributed by atoms with Gasteiger partial charge in [-0.2, -0.15) is 0 Å². The fraction of sp³-hybridized carbons (Fsp3) is 0.278. The largest absolute Gasteiger partial charge is 0.497 e. The van der Waals surface area contributed by atoms with Gasteiger partial charge in [-0.25, -0.2) is 0 Å². The second-order valence-electron chi connectivity index (χ2n) is 5.38. The van der Waals surface area contributed by atoms with Gasteiger partial charge in [-0.3, -0.25) is 4.79 Å². The molecule has 1 aliphatic heterocycles. The Morgan fingerprint density at radius 3 is 2.48 bits per heavy atom. The average Bonchev–Trinajstić information content (AvgIpc) is 2.55. The Hall–Kier alpha value is -2.53. The zero-order valence-corrected chi connectivity index (χ0v) is 12.9. The standard InChI is InChI=1S/C18H18O5/c1-11(19)22-18-16(12-7-9-13(21-2)10-8-12)17(20)14-5-3-4-6-15(14)23-18/h3-10,16-18,20H,1-2H3. The molecule has 0 bridgehead atoms. The van der Waals surface area contributed by atoms with Crippen LogP contribution in [0, 0.1) is 0 Å². The first kappa shape index (κ1) is 15.4. The minimum absolute atomic E-state index is 0.458. The number of hydrogen-bond acceptors (Lipinski definition) is 5. The van der Waals surface area contributed by atoms with Gasteiger partial charge in [0.2, 0.25) is 0 Å². The van der Waals surface area contributed by atoms with E-state index in [0.29, 0.717) is 17.1 Å². The van der Waals surface area contributed by atoms with Crippen molar-refractivity contribution in [3.63, 3.8) is 0 Å². The molecule has 5 heteroatoms. The van der Waals surface area contributed by atoms with E-state index in [1.165, 1.54) is 6.92 Å². The Balaban J connectivity index is 2.00. The molecule has 1 aliphatic rings. The summed E-state index contributed by atoms with van der Waals surface area (Å²) >= 11 is 0. The molecule has 0 aliphatic carbocycles. The molecule has 3 rings (SSSR count). The smallest absolute Gasteiger partial charge is 0.305 e. The van der Waals surface area contributed by atoms with Crippen molar-refractivity contribution in [1.82, 2.24) is 0 Å². The molecule has 0 fully saturated rings. The van der Waals surface area contributed by atoms with Crippen LogP contribution in [0.4, 0.5) is 0 Å². The lowest BCUT2D eigenvalue weighted by molar-refractivity contribution is -0.172. The van der Waals surface area contributed by atoms with E-state index in [4.69, 9.17) is 14.2 Å². The van der Waals surface area contributed by atoms with Crippen molar-refractivity contribution in [2.45, 2.75) is 25.2 Å². The molecule has 0 spiro atoms. The van der Waals surface area contributed by atoms with Crippen LogP contribution in [0.25, 0.3) is 0 Å². The molecule has 1 N–H and O–H groups in total. The van der Waals surface area contributed by atoms with Gasteiger partial charge in [0.15, 0.2) is 0 Å². The number of rotatable bonds is 3. The molecular formula is C18H18O5. The molecule has 3 unspecified atom stereocenters. The number of carbonyl (C=O) groups is 1. The van der Waals surface area contributed by atoms with Crippen LogP contribution in [-0.4, -0.2) is 24.5 Å². The summed E-state index contributed by atoms with van der Waals surface area (Å²) in [6, 6.07) is 14.5. The van der Waals surface area contributed by atoms with E-state index >= 15 is 0 Å². The number of aliphatic hydroxyl groups excluding tert-OH is 1. The number of hydrogen-bond donors (Lipinski definition) is 1. The van der Waals surface area contributed by atoms with Gasteiger partial charge in [0.25, 0.3) is 6.29 Å². The first-order valence-corrected chi connectivity index (χ1v) is 7.35. The van der Waals surface area contributed by atoms with Crippen LogP contribution in [0.1, 0.15) is 30.1 Å². The summed E-state index contributed by atoms with van der Waals surface area (Å²) in [5, 5.41) is 10.8. The molecule has 2 aromatic rings. The van der Waals surface area contributed by atoms with Gasteiger partial charge < -0.3 is 19.3 Å². The monoisotopic (exact) mass is 314 g/mol. The first-order valence-electron chi connectivity index (χ1n) is 7.35. The maximum atomic E-state index is 11.4. The summed E-state index contributed by atoms with van der Waals surface area (Å²) < 4.78 is 16.2. The summed E-state index contributed by atoms with van der Waals surface area (Å²) in [7, 11) is 1.59. The molecule has 3 atom stereocenters. The molecule has 2 aromatic carbocycles. The van der Waals surface area contributed by atoms with Gasteiger partial charge in [0, 0.05) is 12.5 Å². The van der Waals surface area contributed by atoms with Crippen LogP contribution in [-0.2, 0) is 9.53 Å². The molecule has 1 heterocycles. The van der Waals surface area contributed by atoms with Crippen LogP contribution >= 0.6 is 0 Å². The van der Waals surface area contributed by atoms with E-state index in [-0.39, 0.29) is 0 Å². The zero-order valence-electron chi connectivity index (χ0n) is 12.9. The molecule has 120 valence electrons. The summed E-state index contributed by atoms with van der Waals surface area (Å²) in [6.45, 7) is 1.32. The second-order valence-corrected chi connectivity index (χ2v) is 5.38. The van der Waals surface area contributed by atoms with E-state index < -0.39 is 24.3 Å². The molecule has 23 heavy (non-hydrogen) atoms. The normalized spacial score (nSPS) is 22.7. The maximum absolute atomic E-state index is 11.4. The first-order chi connectivity index (χ1) is 11.1. The number of para-hydroxylation sites is 1. The summed E-state index contributed by atoms with van der Waals surface area (Å²) in [6.07, 6.45) is -1.72. The Morgan fingerprint density at radius 2 is 1.83 bits per heavy atom. The number of ether oxygens (including phenoxy) is 3. The van der Waals surface area contributed by atoms with E-state index in [2.05, 4.69) is 0 Å². The molecule has 0 aromatic heterocycles. The second kappa shape index (κ2) is 6.30. The lowest BCUT2D eigenvalue weighted by Crippen LogP contribution is -2.37. The molecule has 5 nitrogen and oxygen atoms in total. The lowest BCUT2D eigenvalue weighted by Gasteiger charge is -2.36. The highest BCUT2D eigenvalue weighted by molar-refractivity contribution is 5.66. The van der Waals surface area contributed by atoms with Crippen LogP contribution < -0.4 is 9.47 Å². The highest BCUT2D eigenvalue weighted by atomic mass is 16.7. The number of methoxy groups -OCH3 is 1. The minimum Gasteiger partial charge on any atom is -0.497 e. The van der Waals surface area contributed by atoms with E-state index in [1.807, 2.05) is 24.3 Å². The number of esters is 1. The Kier molecular flexibility index (Phi) is 4.21. The highest BCUT2D eigenvalue weighted by Crippen LogP contribution is 2.44. The van der Waals surface area contributed by atoms with Crippen molar-refractivity contribution in [2.75, 3.05) is 7.11 Å². The molecule has 0 radical (unpaired) electrons.